The molecule has 0 saturated carbocycles. The standard InChI is InChI=1S/C23H39N5O/c1-19-8-10-28(11-9-19)20(2)16-25-23(24-3)26-17-21-6-4-5-7-22(21)18-27-12-14-29-15-13-27/h4-7,19-20H,8-18H2,1-3H3,(H2,24,25,26). The Kier molecular flexibility index (Phi) is 8.77. The third-order valence-electron chi connectivity index (χ3n) is 6.29. The predicted octanol–water partition coefficient (Wildman–Crippen LogP) is 2.30. The molecule has 162 valence electrons. The zero-order valence-corrected chi connectivity index (χ0v) is 18.5. The average Bonchev–Trinajstić information content (AvgIpc) is 2.76. The molecule has 2 heterocycles. The van der Waals surface area contributed by atoms with Gasteiger partial charge in [0.1, 0.15) is 0 Å². The van der Waals surface area contributed by atoms with E-state index in [9.17, 15) is 0 Å². The van der Waals surface area contributed by atoms with Gasteiger partial charge in [0.15, 0.2) is 5.96 Å². The van der Waals surface area contributed by atoms with Crippen molar-refractivity contribution in [3.63, 3.8) is 0 Å². The Bertz CT molecular complexity index is 636. The van der Waals surface area contributed by atoms with Gasteiger partial charge in [-0.3, -0.25) is 14.8 Å². The maximum absolute atomic E-state index is 5.47. The van der Waals surface area contributed by atoms with Gasteiger partial charge in [0.2, 0.25) is 0 Å². The van der Waals surface area contributed by atoms with Crippen molar-refractivity contribution in [3.8, 4) is 0 Å². The highest BCUT2D eigenvalue weighted by Gasteiger charge is 2.20. The first kappa shape index (κ1) is 22.1. The Morgan fingerprint density at radius 3 is 2.48 bits per heavy atom. The summed E-state index contributed by atoms with van der Waals surface area (Å²) in [4.78, 5) is 9.49. The van der Waals surface area contributed by atoms with Gasteiger partial charge < -0.3 is 15.4 Å². The largest absolute Gasteiger partial charge is 0.379 e. The summed E-state index contributed by atoms with van der Waals surface area (Å²) in [6.07, 6.45) is 2.63. The van der Waals surface area contributed by atoms with Crippen molar-refractivity contribution in [1.82, 2.24) is 20.4 Å². The van der Waals surface area contributed by atoms with Gasteiger partial charge in [0, 0.05) is 45.8 Å². The minimum atomic E-state index is 0.523. The van der Waals surface area contributed by atoms with Crippen LogP contribution < -0.4 is 10.6 Å². The first-order valence-electron chi connectivity index (χ1n) is 11.2. The Morgan fingerprint density at radius 2 is 1.79 bits per heavy atom. The molecule has 1 aromatic carbocycles. The highest BCUT2D eigenvalue weighted by molar-refractivity contribution is 5.79. The molecule has 2 saturated heterocycles. The predicted molar refractivity (Wildman–Crippen MR) is 120 cm³/mol. The summed E-state index contributed by atoms with van der Waals surface area (Å²) in [5, 5.41) is 7.02. The Hall–Kier alpha value is -1.63. The van der Waals surface area contributed by atoms with Crippen molar-refractivity contribution in [1.29, 1.82) is 0 Å². The molecular weight excluding hydrogens is 362 g/mol. The third kappa shape index (κ3) is 6.98. The molecule has 6 heteroatoms. The summed E-state index contributed by atoms with van der Waals surface area (Å²) < 4.78 is 5.47. The van der Waals surface area contributed by atoms with Gasteiger partial charge in [-0.1, -0.05) is 31.2 Å². The van der Waals surface area contributed by atoms with Gasteiger partial charge >= 0.3 is 0 Å². The fraction of sp³-hybridized carbons (Fsp3) is 0.696. The zero-order valence-electron chi connectivity index (χ0n) is 18.5. The highest BCUT2D eigenvalue weighted by Crippen LogP contribution is 2.17. The lowest BCUT2D eigenvalue weighted by molar-refractivity contribution is 0.0341. The van der Waals surface area contributed by atoms with Crippen molar-refractivity contribution >= 4 is 5.96 Å². The fourth-order valence-electron chi connectivity index (χ4n) is 4.13. The number of nitrogens with one attached hydrogen (secondary N) is 2. The van der Waals surface area contributed by atoms with Gasteiger partial charge in [0.25, 0.3) is 0 Å². The molecule has 6 nitrogen and oxygen atoms in total. The molecule has 0 amide bonds. The third-order valence-corrected chi connectivity index (χ3v) is 6.29. The van der Waals surface area contributed by atoms with E-state index in [1.54, 1.807) is 0 Å². The zero-order chi connectivity index (χ0) is 20.5. The first-order chi connectivity index (χ1) is 14.2. The molecule has 29 heavy (non-hydrogen) atoms. The Balaban J connectivity index is 1.46. The molecule has 1 unspecified atom stereocenters. The van der Waals surface area contributed by atoms with E-state index < -0.39 is 0 Å². The normalized spacial score (nSPS) is 21.1. The lowest BCUT2D eigenvalue weighted by Gasteiger charge is -2.35. The van der Waals surface area contributed by atoms with Crippen LogP contribution in [-0.4, -0.2) is 74.8 Å². The van der Waals surface area contributed by atoms with Crippen molar-refractivity contribution in [3.05, 3.63) is 35.4 Å². The lowest BCUT2D eigenvalue weighted by atomic mass is 9.98. The first-order valence-corrected chi connectivity index (χ1v) is 11.2. The average molecular weight is 402 g/mol. The molecule has 2 N–H and O–H groups in total. The number of piperidine rings is 1. The Morgan fingerprint density at radius 1 is 1.10 bits per heavy atom. The smallest absolute Gasteiger partial charge is 0.191 e. The van der Waals surface area contributed by atoms with Gasteiger partial charge in [0.05, 0.1) is 13.2 Å². The number of likely N-dealkylation sites (tertiary alicyclic amines) is 1. The van der Waals surface area contributed by atoms with Crippen LogP contribution in [0.2, 0.25) is 0 Å². The number of benzene rings is 1. The summed E-state index contributed by atoms with van der Waals surface area (Å²) in [7, 11) is 1.85. The van der Waals surface area contributed by atoms with E-state index in [1.165, 1.54) is 37.1 Å². The fourth-order valence-corrected chi connectivity index (χ4v) is 4.13. The number of rotatable bonds is 7. The summed E-state index contributed by atoms with van der Waals surface area (Å²) in [5.74, 6) is 1.75. The maximum Gasteiger partial charge on any atom is 0.191 e. The number of morpholine rings is 1. The summed E-state index contributed by atoms with van der Waals surface area (Å²) in [6, 6.07) is 9.23. The van der Waals surface area contributed by atoms with Crippen molar-refractivity contribution in [2.75, 3.05) is 53.0 Å². The molecule has 1 atom stereocenters. The summed E-state index contributed by atoms with van der Waals surface area (Å²) >= 11 is 0. The maximum atomic E-state index is 5.47. The SMILES string of the molecule is CN=C(NCc1ccccc1CN1CCOCC1)NCC(C)N1CCC(C)CC1. The summed E-state index contributed by atoms with van der Waals surface area (Å²) in [6.45, 7) is 13.5. The number of hydrogen-bond acceptors (Lipinski definition) is 4. The van der Waals surface area contributed by atoms with Gasteiger partial charge in [-0.25, -0.2) is 0 Å². The van der Waals surface area contributed by atoms with E-state index >= 15 is 0 Å². The molecule has 0 aliphatic carbocycles. The van der Waals surface area contributed by atoms with Crippen LogP contribution in [0.25, 0.3) is 0 Å². The van der Waals surface area contributed by atoms with E-state index in [4.69, 9.17) is 4.74 Å². The lowest BCUT2D eigenvalue weighted by Crippen LogP contribution is -2.48. The number of hydrogen-bond donors (Lipinski definition) is 2. The molecule has 2 fully saturated rings. The van der Waals surface area contributed by atoms with Crippen molar-refractivity contribution < 1.29 is 4.74 Å². The van der Waals surface area contributed by atoms with Crippen LogP contribution in [0, 0.1) is 5.92 Å². The molecule has 0 bridgehead atoms. The van der Waals surface area contributed by atoms with Gasteiger partial charge in [-0.05, 0) is 49.9 Å². The molecule has 3 rings (SSSR count). The number of guanidine groups is 1. The molecule has 2 aliphatic rings. The monoisotopic (exact) mass is 401 g/mol. The molecular formula is C23H39N5O. The van der Waals surface area contributed by atoms with E-state index in [0.29, 0.717) is 6.04 Å². The molecule has 0 aromatic heterocycles. The van der Waals surface area contributed by atoms with E-state index in [1.807, 2.05) is 7.05 Å². The van der Waals surface area contributed by atoms with Crippen molar-refractivity contribution in [2.45, 2.75) is 45.8 Å². The number of nitrogens with zero attached hydrogens (tertiary/aromatic N) is 3. The summed E-state index contributed by atoms with van der Waals surface area (Å²) in [5.41, 5.74) is 2.72. The quantitative estimate of drug-likeness (QED) is 0.542. The minimum absolute atomic E-state index is 0.523. The Labute approximate surface area is 176 Å². The number of ether oxygens (including phenoxy) is 1. The van der Waals surface area contributed by atoms with Crippen LogP contribution in [0.3, 0.4) is 0 Å². The second kappa shape index (κ2) is 11.5. The molecule has 1 aromatic rings. The van der Waals surface area contributed by atoms with Crippen LogP contribution in [0.5, 0.6) is 0 Å². The van der Waals surface area contributed by atoms with Crippen LogP contribution in [-0.2, 0) is 17.8 Å². The molecule has 0 spiro atoms. The second-order valence-corrected chi connectivity index (χ2v) is 8.53. The highest BCUT2D eigenvalue weighted by atomic mass is 16.5. The van der Waals surface area contributed by atoms with Crippen molar-refractivity contribution in [2.24, 2.45) is 10.9 Å². The van der Waals surface area contributed by atoms with Gasteiger partial charge in [-0.15, -0.1) is 0 Å². The molecule has 0 radical (unpaired) electrons. The van der Waals surface area contributed by atoms with E-state index in [-0.39, 0.29) is 0 Å². The topological polar surface area (TPSA) is 52.1 Å². The van der Waals surface area contributed by atoms with E-state index in [2.05, 4.69) is 63.5 Å². The number of aliphatic imine (C=N–C) groups is 1. The van der Waals surface area contributed by atoms with E-state index in [0.717, 1.165) is 57.8 Å². The second-order valence-electron chi connectivity index (χ2n) is 8.53. The van der Waals surface area contributed by atoms with Crippen LogP contribution in [0.1, 0.15) is 37.8 Å². The van der Waals surface area contributed by atoms with Crippen LogP contribution in [0.4, 0.5) is 0 Å². The van der Waals surface area contributed by atoms with Gasteiger partial charge in [-0.2, -0.15) is 0 Å². The van der Waals surface area contributed by atoms with Crippen LogP contribution >= 0.6 is 0 Å². The minimum Gasteiger partial charge on any atom is -0.379 e. The van der Waals surface area contributed by atoms with Crippen LogP contribution in [0.15, 0.2) is 29.3 Å². The molecule has 2 aliphatic heterocycles.